The van der Waals surface area contributed by atoms with Crippen LogP contribution >= 0.6 is 0 Å². The Bertz CT molecular complexity index is 1030. The number of nitrogens with one attached hydrogen (secondary N) is 4. The maximum absolute atomic E-state index is 12.8. The maximum Gasteiger partial charge on any atom is 0.336 e. The van der Waals surface area contributed by atoms with E-state index in [0.29, 0.717) is 31.9 Å². The van der Waals surface area contributed by atoms with Crippen molar-refractivity contribution in [3.05, 3.63) is 42.6 Å². The molecule has 0 fully saturated rings. The number of aliphatic imine (C=N–C) groups is 1. The summed E-state index contributed by atoms with van der Waals surface area (Å²) in [7, 11) is -4.16. The first-order chi connectivity index (χ1) is 16.0. The van der Waals surface area contributed by atoms with E-state index >= 15 is 0 Å². The second-order valence-corrected chi connectivity index (χ2v) is 8.39. The minimum Gasteiger partial charge on any atom is -0.390 e. The summed E-state index contributed by atoms with van der Waals surface area (Å²) < 4.78 is 43.3. The largest absolute Gasteiger partial charge is 0.390 e. The van der Waals surface area contributed by atoms with E-state index in [4.69, 9.17) is 14.0 Å². The van der Waals surface area contributed by atoms with Crippen LogP contribution in [-0.4, -0.2) is 70.4 Å². The number of benzene rings is 1. The van der Waals surface area contributed by atoms with Crippen molar-refractivity contribution in [2.24, 2.45) is 4.99 Å². The van der Waals surface area contributed by atoms with Crippen LogP contribution in [0, 0.1) is 0 Å². The van der Waals surface area contributed by atoms with Crippen molar-refractivity contribution < 1.29 is 32.0 Å². The fourth-order valence-corrected chi connectivity index (χ4v) is 4.01. The molecule has 0 saturated heterocycles. The number of hydrogen-bond donors (Lipinski definition) is 4. The van der Waals surface area contributed by atoms with Crippen molar-refractivity contribution >= 4 is 28.4 Å². The Labute approximate surface area is 190 Å². The molecule has 2 unspecified atom stereocenters. The number of sulfonamides is 1. The molecule has 0 saturated carbocycles. The fourth-order valence-electron chi connectivity index (χ4n) is 2.80. The average molecular weight is 481 g/mol. The molecule has 0 aliphatic carbocycles. The molecule has 178 valence electrons. The van der Waals surface area contributed by atoms with E-state index in [1.165, 1.54) is 36.5 Å². The number of nitrogens with zero attached hydrogens (tertiary/aromatic N) is 2. The van der Waals surface area contributed by atoms with Gasteiger partial charge in [0.1, 0.15) is 0 Å². The molecule has 0 spiro atoms. The molecular formula is C19H24N6O7S. The first-order valence-electron chi connectivity index (χ1n) is 10.0. The molecule has 0 bridgehead atoms. The summed E-state index contributed by atoms with van der Waals surface area (Å²) in [6.45, 7) is 2.05. The molecule has 0 radical (unpaired) electrons. The summed E-state index contributed by atoms with van der Waals surface area (Å²) in [5.41, 5.74) is 0. The summed E-state index contributed by atoms with van der Waals surface area (Å²) in [6.07, 6.45) is 0.664. The quantitative estimate of drug-likeness (QED) is 0.120. The Morgan fingerprint density at radius 2 is 2.09 bits per heavy atom. The van der Waals surface area contributed by atoms with Gasteiger partial charge in [-0.15, -0.1) is 0 Å². The van der Waals surface area contributed by atoms with E-state index in [1.807, 2.05) is 0 Å². The van der Waals surface area contributed by atoms with Crippen molar-refractivity contribution in [1.29, 1.82) is 0 Å². The van der Waals surface area contributed by atoms with Gasteiger partial charge in [0.25, 0.3) is 0 Å². The van der Waals surface area contributed by atoms with Crippen LogP contribution in [0.2, 0.25) is 0 Å². The number of esters is 1. The second kappa shape index (κ2) is 11.9. The molecule has 1 aromatic carbocycles. The molecule has 2 heterocycles. The zero-order chi connectivity index (χ0) is 23.5. The Balaban J connectivity index is 1.69. The lowest BCUT2D eigenvalue weighted by Crippen LogP contribution is -2.56. The standard InChI is InChI=1S/C19H24N6O7S/c26-13-23-17(30-12-4-8-20-19-21-10-11-22-19)16(18(27)31-15-7-9-24-32-15)25-33(28,29)14-5-2-1-3-6-14/h1-3,5-7,9,13,16-17,25H,4,8,10-12H2,(H,23,26)(H2,20,21,22). The molecule has 1 amide bonds. The van der Waals surface area contributed by atoms with Crippen molar-refractivity contribution in [2.45, 2.75) is 23.6 Å². The van der Waals surface area contributed by atoms with E-state index in [9.17, 15) is 18.0 Å². The van der Waals surface area contributed by atoms with Gasteiger partial charge >= 0.3 is 11.9 Å². The van der Waals surface area contributed by atoms with Crippen LogP contribution in [0.3, 0.4) is 0 Å². The number of carbonyl (C=O) groups is 2. The molecule has 2 atom stereocenters. The second-order valence-electron chi connectivity index (χ2n) is 6.68. The molecule has 14 heteroatoms. The molecule has 3 rings (SSSR count). The van der Waals surface area contributed by atoms with Crippen LogP contribution in [-0.2, 0) is 24.3 Å². The highest BCUT2D eigenvalue weighted by molar-refractivity contribution is 7.89. The first-order valence-corrected chi connectivity index (χ1v) is 11.5. The van der Waals surface area contributed by atoms with Gasteiger partial charge in [-0.3, -0.25) is 9.79 Å². The molecule has 4 N–H and O–H groups in total. The Morgan fingerprint density at radius 1 is 1.27 bits per heavy atom. The number of rotatable bonds is 13. The summed E-state index contributed by atoms with van der Waals surface area (Å²) in [5, 5.41) is 11.9. The predicted molar refractivity (Wildman–Crippen MR) is 115 cm³/mol. The molecule has 1 aliphatic heterocycles. The number of amides is 1. The highest BCUT2D eigenvalue weighted by Crippen LogP contribution is 2.13. The summed E-state index contributed by atoms with van der Waals surface area (Å²) >= 11 is 0. The Kier molecular flexibility index (Phi) is 8.74. The Hall–Kier alpha value is -3.49. The number of ether oxygens (including phenoxy) is 2. The van der Waals surface area contributed by atoms with E-state index in [0.717, 1.165) is 6.54 Å². The monoisotopic (exact) mass is 480 g/mol. The van der Waals surface area contributed by atoms with Gasteiger partial charge in [-0.05, 0) is 18.6 Å². The van der Waals surface area contributed by atoms with Crippen molar-refractivity contribution in [3.8, 4) is 5.95 Å². The molecule has 1 aliphatic rings. The number of guanidine groups is 1. The van der Waals surface area contributed by atoms with Crippen LogP contribution in [0.25, 0.3) is 0 Å². The van der Waals surface area contributed by atoms with E-state index in [-0.39, 0.29) is 17.4 Å². The van der Waals surface area contributed by atoms with Crippen molar-refractivity contribution in [1.82, 2.24) is 25.8 Å². The molecule has 13 nitrogen and oxygen atoms in total. The normalized spacial score (nSPS) is 15.1. The van der Waals surface area contributed by atoms with Gasteiger partial charge in [0.15, 0.2) is 18.2 Å². The van der Waals surface area contributed by atoms with Crippen LogP contribution in [0.1, 0.15) is 6.42 Å². The van der Waals surface area contributed by atoms with Crippen LogP contribution in [0.5, 0.6) is 5.95 Å². The summed E-state index contributed by atoms with van der Waals surface area (Å²) in [4.78, 5) is 28.1. The third-order valence-electron chi connectivity index (χ3n) is 4.33. The molecular weight excluding hydrogens is 456 g/mol. The topological polar surface area (TPSA) is 173 Å². The minimum absolute atomic E-state index is 0.0821. The zero-order valence-electron chi connectivity index (χ0n) is 17.5. The third kappa shape index (κ3) is 7.27. The highest BCUT2D eigenvalue weighted by atomic mass is 32.2. The lowest BCUT2D eigenvalue weighted by molar-refractivity contribution is -0.143. The van der Waals surface area contributed by atoms with E-state index < -0.39 is 28.3 Å². The predicted octanol–water partition coefficient (Wildman–Crippen LogP) is -1.05. The van der Waals surface area contributed by atoms with Gasteiger partial charge in [0.2, 0.25) is 16.4 Å². The van der Waals surface area contributed by atoms with Gasteiger partial charge in [0.05, 0.1) is 24.2 Å². The molecule has 2 aromatic rings. The first kappa shape index (κ1) is 24.2. The average Bonchev–Trinajstić information content (AvgIpc) is 3.52. The van der Waals surface area contributed by atoms with E-state index in [1.54, 1.807) is 6.07 Å². The van der Waals surface area contributed by atoms with Crippen LogP contribution in [0.15, 0.2) is 57.0 Å². The maximum atomic E-state index is 12.8. The van der Waals surface area contributed by atoms with Gasteiger partial charge in [-0.25, -0.2) is 13.2 Å². The van der Waals surface area contributed by atoms with Gasteiger partial charge in [-0.2, -0.15) is 4.72 Å². The minimum atomic E-state index is -4.16. The zero-order valence-corrected chi connectivity index (χ0v) is 18.3. The fraction of sp³-hybridized carbons (Fsp3) is 0.368. The number of carbonyl (C=O) groups excluding carboxylic acids is 2. The van der Waals surface area contributed by atoms with Crippen LogP contribution < -0.4 is 25.4 Å². The van der Waals surface area contributed by atoms with E-state index in [2.05, 4.69) is 30.8 Å². The summed E-state index contributed by atoms with van der Waals surface area (Å²) in [5.74, 6) is -0.627. The summed E-state index contributed by atoms with van der Waals surface area (Å²) in [6, 6.07) is 7.07. The highest BCUT2D eigenvalue weighted by Gasteiger charge is 2.36. The lowest BCUT2D eigenvalue weighted by atomic mass is 10.2. The molecule has 1 aromatic heterocycles. The smallest absolute Gasteiger partial charge is 0.336 e. The Morgan fingerprint density at radius 3 is 2.76 bits per heavy atom. The third-order valence-corrected chi connectivity index (χ3v) is 5.78. The number of hydrogen-bond acceptors (Lipinski definition) is 11. The van der Waals surface area contributed by atoms with Crippen LogP contribution in [0.4, 0.5) is 0 Å². The molecule has 33 heavy (non-hydrogen) atoms. The van der Waals surface area contributed by atoms with Crippen molar-refractivity contribution in [3.63, 3.8) is 0 Å². The SMILES string of the molecule is O=CNC(OCCCNC1=NCCN1)C(NS(=O)(=O)c1ccccc1)C(=O)Oc1ccno1. The van der Waals surface area contributed by atoms with Gasteiger partial charge < -0.3 is 29.9 Å². The number of aromatic nitrogens is 1. The van der Waals surface area contributed by atoms with Crippen molar-refractivity contribution in [2.75, 3.05) is 26.2 Å². The van der Waals surface area contributed by atoms with Gasteiger partial charge in [-0.1, -0.05) is 23.4 Å². The van der Waals surface area contributed by atoms with Gasteiger partial charge in [0, 0.05) is 19.2 Å². The lowest BCUT2D eigenvalue weighted by Gasteiger charge is -2.25.